The van der Waals surface area contributed by atoms with Gasteiger partial charge in [0.2, 0.25) is 0 Å². The van der Waals surface area contributed by atoms with Crippen LogP contribution in [-0.2, 0) is 0 Å². The fourth-order valence-corrected chi connectivity index (χ4v) is 0.786. The molecular formula is C8H11N5. The summed E-state index contributed by atoms with van der Waals surface area (Å²) in [7, 11) is 3.28. The van der Waals surface area contributed by atoms with Gasteiger partial charge in [0, 0.05) is 14.1 Å². The summed E-state index contributed by atoms with van der Waals surface area (Å²) in [5.74, 6) is 0. The lowest BCUT2D eigenvalue weighted by atomic mass is 10.3. The lowest BCUT2D eigenvalue weighted by molar-refractivity contribution is 0.959. The van der Waals surface area contributed by atoms with Gasteiger partial charge in [0.15, 0.2) is 0 Å². The van der Waals surface area contributed by atoms with Gasteiger partial charge in [0.05, 0.1) is 0 Å². The van der Waals surface area contributed by atoms with Gasteiger partial charge in [-0.2, -0.15) is 25.6 Å². The quantitative estimate of drug-likeness (QED) is 0.622. The predicted molar refractivity (Wildman–Crippen MR) is 50.6 cm³/mol. The van der Waals surface area contributed by atoms with E-state index in [4.69, 9.17) is 0 Å². The number of benzene rings is 1. The molecular weight excluding hydrogens is 166 g/mol. The first-order valence-electron chi connectivity index (χ1n) is 3.82. The second-order valence-electron chi connectivity index (χ2n) is 2.21. The zero-order valence-electron chi connectivity index (χ0n) is 7.60. The van der Waals surface area contributed by atoms with E-state index in [1.807, 2.05) is 24.3 Å². The Labute approximate surface area is 75.9 Å². The molecule has 1 N–H and O–H groups in total. The monoisotopic (exact) mass is 177 g/mol. The van der Waals surface area contributed by atoms with E-state index in [-0.39, 0.29) is 0 Å². The summed E-state index contributed by atoms with van der Waals surface area (Å²) in [5.41, 5.74) is 1.83. The molecule has 0 aliphatic carbocycles. The van der Waals surface area contributed by atoms with Crippen molar-refractivity contribution in [3.63, 3.8) is 0 Å². The van der Waals surface area contributed by atoms with Gasteiger partial charge >= 0.3 is 0 Å². The molecule has 0 amide bonds. The third kappa shape index (κ3) is 2.62. The number of aromatic amines is 1. The average Bonchev–Trinajstić information content (AvgIpc) is 2.66. The van der Waals surface area contributed by atoms with Gasteiger partial charge in [-0.1, -0.05) is 12.1 Å². The van der Waals surface area contributed by atoms with Crippen molar-refractivity contribution >= 4 is 11.0 Å². The van der Waals surface area contributed by atoms with E-state index in [0.29, 0.717) is 0 Å². The molecule has 0 atom stereocenters. The van der Waals surface area contributed by atoms with Gasteiger partial charge in [-0.25, -0.2) is 0 Å². The van der Waals surface area contributed by atoms with Crippen LogP contribution < -0.4 is 0 Å². The number of aromatic nitrogens is 3. The highest BCUT2D eigenvalue weighted by Gasteiger charge is 1.90. The zero-order chi connectivity index (χ0) is 9.52. The Morgan fingerprint density at radius 2 is 1.46 bits per heavy atom. The van der Waals surface area contributed by atoms with Crippen LogP contribution in [0.25, 0.3) is 11.0 Å². The van der Waals surface area contributed by atoms with Crippen molar-refractivity contribution in [3.8, 4) is 0 Å². The summed E-state index contributed by atoms with van der Waals surface area (Å²) in [6.07, 6.45) is 0. The summed E-state index contributed by atoms with van der Waals surface area (Å²) in [5, 5.41) is 17.0. The fraction of sp³-hybridized carbons (Fsp3) is 0.250. The number of nitrogens with one attached hydrogen (secondary N) is 1. The lowest BCUT2D eigenvalue weighted by Gasteiger charge is -1.78. The number of azo groups is 1. The summed E-state index contributed by atoms with van der Waals surface area (Å²) < 4.78 is 0. The van der Waals surface area contributed by atoms with E-state index in [1.165, 1.54) is 0 Å². The van der Waals surface area contributed by atoms with Gasteiger partial charge in [-0.15, -0.1) is 0 Å². The third-order valence-corrected chi connectivity index (χ3v) is 1.42. The number of hydrogen-bond acceptors (Lipinski definition) is 4. The molecule has 68 valence electrons. The van der Waals surface area contributed by atoms with E-state index in [0.717, 1.165) is 11.0 Å². The lowest BCUT2D eigenvalue weighted by Crippen LogP contribution is -1.63. The molecule has 0 aliphatic rings. The van der Waals surface area contributed by atoms with Crippen molar-refractivity contribution in [2.24, 2.45) is 10.2 Å². The largest absolute Gasteiger partial charge is 0.198 e. The zero-order valence-corrected chi connectivity index (χ0v) is 7.60. The van der Waals surface area contributed by atoms with Crippen molar-refractivity contribution in [2.45, 2.75) is 0 Å². The topological polar surface area (TPSA) is 66.3 Å². The standard InChI is InChI=1S/C6H5N3.C2H6N2/c1-2-4-6-5(3-1)7-9-8-6;1-3-4-2/h1-4H,(H,7,8,9);1-2H3. The molecule has 13 heavy (non-hydrogen) atoms. The van der Waals surface area contributed by atoms with E-state index in [1.54, 1.807) is 14.1 Å². The highest BCUT2D eigenvalue weighted by Crippen LogP contribution is 2.03. The SMILES string of the molecule is CN=NC.c1ccc2n[nH]nc2c1. The highest BCUT2D eigenvalue weighted by atomic mass is 15.3. The summed E-state index contributed by atoms with van der Waals surface area (Å²) in [6, 6.07) is 7.70. The van der Waals surface area contributed by atoms with Crippen molar-refractivity contribution in [3.05, 3.63) is 24.3 Å². The molecule has 0 saturated heterocycles. The molecule has 1 aromatic carbocycles. The summed E-state index contributed by atoms with van der Waals surface area (Å²) >= 11 is 0. The number of fused-ring (bicyclic) bond motifs is 1. The number of hydrogen-bond donors (Lipinski definition) is 1. The minimum atomic E-state index is 0.914. The predicted octanol–water partition coefficient (Wildman–Crippen LogP) is 1.66. The fourth-order valence-electron chi connectivity index (χ4n) is 0.786. The van der Waals surface area contributed by atoms with Crippen molar-refractivity contribution < 1.29 is 0 Å². The molecule has 0 aliphatic heterocycles. The Morgan fingerprint density at radius 1 is 1.00 bits per heavy atom. The molecule has 2 rings (SSSR count). The molecule has 0 fully saturated rings. The van der Waals surface area contributed by atoms with Gasteiger partial charge in [-0.05, 0) is 12.1 Å². The summed E-state index contributed by atoms with van der Waals surface area (Å²) in [6.45, 7) is 0. The Balaban J connectivity index is 0.000000184. The molecule has 0 unspecified atom stereocenters. The second-order valence-corrected chi connectivity index (χ2v) is 2.21. The van der Waals surface area contributed by atoms with Crippen LogP contribution >= 0.6 is 0 Å². The smallest absolute Gasteiger partial charge is 0.112 e. The Hall–Kier alpha value is -1.78. The molecule has 0 spiro atoms. The van der Waals surface area contributed by atoms with Crippen LogP contribution in [0.2, 0.25) is 0 Å². The van der Waals surface area contributed by atoms with Gasteiger partial charge in [0.1, 0.15) is 11.0 Å². The van der Waals surface area contributed by atoms with Crippen molar-refractivity contribution in [2.75, 3.05) is 14.1 Å². The van der Waals surface area contributed by atoms with Crippen molar-refractivity contribution in [1.29, 1.82) is 0 Å². The number of nitrogens with zero attached hydrogens (tertiary/aromatic N) is 4. The maximum atomic E-state index is 3.88. The van der Waals surface area contributed by atoms with Crippen molar-refractivity contribution in [1.82, 2.24) is 15.4 Å². The summed E-state index contributed by atoms with van der Waals surface area (Å²) in [4.78, 5) is 0. The Kier molecular flexibility index (Phi) is 3.56. The molecule has 0 bridgehead atoms. The van der Waals surface area contributed by atoms with E-state index >= 15 is 0 Å². The van der Waals surface area contributed by atoms with Gasteiger partial charge in [0.25, 0.3) is 0 Å². The first-order chi connectivity index (χ1) is 6.38. The number of H-pyrrole nitrogens is 1. The van der Waals surface area contributed by atoms with Crippen LogP contribution in [0.1, 0.15) is 0 Å². The minimum Gasteiger partial charge on any atom is -0.198 e. The van der Waals surface area contributed by atoms with Crippen LogP contribution in [0.15, 0.2) is 34.5 Å². The number of rotatable bonds is 0. The highest BCUT2D eigenvalue weighted by molar-refractivity contribution is 5.72. The molecule has 1 heterocycles. The van der Waals surface area contributed by atoms with Gasteiger partial charge in [-0.3, -0.25) is 0 Å². The Bertz CT molecular complexity index is 344. The first kappa shape index (κ1) is 9.31. The molecule has 2 aromatic rings. The van der Waals surface area contributed by atoms with Crippen LogP contribution in [0, 0.1) is 0 Å². The molecule has 0 radical (unpaired) electrons. The first-order valence-corrected chi connectivity index (χ1v) is 3.82. The maximum Gasteiger partial charge on any atom is 0.112 e. The number of para-hydroxylation sites is 2. The maximum absolute atomic E-state index is 3.88. The molecule has 0 saturated carbocycles. The van der Waals surface area contributed by atoms with E-state index < -0.39 is 0 Å². The average molecular weight is 177 g/mol. The van der Waals surface area contributed by atoms with Crippen LogP contribution in [0.4, 0.5) is 0 Å². The molecule has 1 aromatic heterocycles. The Morgan fingerprint density at radius 3 is 1.85 bits per heavy atom. The van der Waals surface area contributed by atoms with Gasteiger partial charge < -0.3 is 0 Å². The molecule has 5 heteroatoms. The van der Waals surface area contributed by atoms with Crippen LogP contribution in [-0.4, -0.2) is 29.5 Å². The normalized spacial score (nSPS) is 10.0. The van der Waals surface area contributed by atoms with Crippen LogP contribution in [0.3, 0.4) is 0 Å². The minimum absolute atomic E-state index is 0.914. The second kappa shape index (κ2) is 4.97. The van der Waals surface area contributed by atoms with Crippen LogP contribution in [0.5, 0.6) is 0 Å². The van der Waals surface area contributed by atoms with E-state index in [2.05, 4.69) is 25.6 Å². The molecule has 5 nitrogen and oxygen atoms in total. The van der Waals surface area contributed by atoms with E-state index in [9.17, 15) is 0 Å². The third-order valence-electron chi connectivity index (χ3n) is 1.42.